The average Bonchev–Trinajstić information content (AvgIpc) is 3.28. The van der Waals surface area contributed by atoms with E-state index in [9.17, 15) is 14.4 Å². The Hall–Kier alpha value is -3.67. The first-order valence-electron chi connectivity index (χ1n) is 25.8. The zero-order chi connectivity index (χ0) is 45.8. The molecule has 0 rings (SSSR count). The van der Waals surface area contributed by atoms with Gasteiger partial charge in [-0.3, -0.25) is 14.4 Å². The van der Waals surface area contributed by atoms with Gasteiger partial charge in [0.05, 0.1) is 0 Å². The van der Waals surface area contributed by atoms with Crippen molar-refractivity contribution in [3.63, 3.8) is 0 Å². The fraction of sp³-hybridized carbons (Fsp3) is 0.667. The minimum absolute atomic E-state index is 0.115. The Morgan fingerprint density at radius 1 is 0.333 bits per heavy atom. The summed E-state index contributed by atoms with van der Waals surface area (Å²) in [5.41, 5.74) is 0. The van der Waals surface area contributed by atoms with Crippen LogP contribution >= 0.6 is 0 Å². The number of carbonyl (C=O) groups is 3. The zero-order valence-corrected chi connectivity index (χ0v) is 40.8. The summed E-state index contributed by atoms with van der Waals surface area (Å²) in [6, 6.07) is 0. The highest BCUT2D eigenvalue weighted by atomic mass is 16.6. The summed E-state index contributed by atoms with van der Waals surface area (Å²) in [6.07, 6.45) is 66.9. The maximum Gasteiger partial charge on any atom is 0.306 e. The molecule has 6 heteroatoms. The molecule has 1 atom stereocenters. The number of hydrogen-bond donors (Lipinski definition) is 0. The Kier molecular flexibility index (Phi) is 48.0. The molecule has 6 nitrogen and oxygen atoms in total. The molecule has 0 spiro atoms. The smallest absolute Gasteiger partial charge is 0.306 e. The van der Waals surface area contributed by atoms with Crippen molar-refractivity contribution < 1.29 is 28.6 Å². The summed E-state index contributed by atoms with van der Waals surface area (Å²) in [5, 5.41) is 0. The van der Waals surface area contributed by atoms with Crippen LogP contribution in [-0.2, 0) is 28.6 Å². The van der Waals surface area contributed by atoms with E-state index in [1.807, 2.05) is 54.7 Å². The van der Waals surface area contributed by atoms with Crippen molar-refractivity contribution in [2.24, 2.45) is 0 Å². The van der Waals surface area contributed by atoms with Crippen LogP contribution in [0, 0.1) is 0 Å². The molecule has 0 saturated carbocycles. The van der Waals surface area contributed by atoms with Gasteiger partial charge in [0, 0.05) is 19.3 Å². The maximum atomic E-state index is 12.8. The van der Waals surface area contributed by atoms with Crippen LogP contribution in [0.25, 0.3) is 0 Å². The Morgan fingerprint density at radius 3 is 1.11 bits per heavy atom. The van der Waals surface area contributed by atoms with Gasteiger partial charge in [-0.25, -0.2) is 0 Å². The van der Waals surface area contributed by atoms with E-state index in [-0.39, 0.29) is 44.0 Å². The van der Waals surface area contributed by atoms with E-state index in [2.05, 4.69) is 63.3 Å². The summed E-state index contributed by atoms with van der Waals surface area (Å²) in [6.45, 7) is 6.38. The Bertz CT molecular complexity index is 1280. The second-order valence-corrected chi connectivity index (χ2v) is 16.8. The average molecular weight is 875 g/mol. The van der Waals surface area contributed by atoms with E-state index >= 15 is 0 Å². The molecule has 1 unspecified atom stereocenters. The van der Waals surface area contributed by atoms with Gasteiger partial charge in [0.2, 0.25) is 0 Å². The number of carbonyl (C=O) groups excluding carboxylic acids is 3. The highest BCUT2D eigenvalue weighted by Gasteiger charge is 2.19. The molecule has 0 radical (unpaired) electrons. The predicted octanol–water partition coefficient (Wildman–Crippen LogP) is 17.0. The lowest BCUT2D eigenvalue weighted by molar-refractivity contribution is -0.167. The third kappa shape index (κ3) is 49.2. The molecule has 0 aromatic heterocycles. The van der Waals surface area contributed by atoms with E-state index in [1.165, 1.54) is 96.3 Å². The highest BCUT2D eigenvalue weighted by molar-refractivity contribution is 5.71. The molecule has 63 heavy (non-hydrogen) atoms. The van der Waals surface area contributed by atoms with Gasteiger partial charge in [-0.05, 0) is 83.5 Å². The van der Waals surface area contributed by atoms with Gasteiger partial charge in [0.15, 0.2) is 6.10 Å². The molecule has 0 N–H and O–H groups in total. The van der Waals surface area contributed by atoms with Crippen LogP contribution in [0.1, 0.15) is 226 Å². The quantitative estimate of drug-likeness (QED) is 0.0199. The lowest BCUT2D eigenvalue weighted by Gasteiger charge is -2.18. The second-order valence-electron chi connectivity index (χ2n) is 16.8. The van der Waals surface area contributed by atoms with Crippen molar-refractivity contribution in [3.05, 3.63) is 97.2 Å². The lowest BCUT2D eigenvalue weighted by Crippen LogP contribution is -2.30. The lowest BCUT2D eigenvalue weighted by atomic mass is 10.1. The minimum Gasteiger partial charge on any atom is -0.462 e. The summed E-state index contributed by atoms with van der Waals surface area (Å²) >= 11 is 0. The van der Waals surface area contributed by atoms with Crippen LogP contribution in [0.5, 0.6) is 0 Å². The molecule has 0 bridgehead atoms. The monoisotopic (exact) mass is 875 g/mol. The van der Waals surface area contributed by atoms with E-state index in [1.54, 1.807) is 0 Å². The van der Waals surface area contributed by atoms with Crippen LogP contribution < -0.4 is 0 Å². The SMILES string of the molecule is CC/C=C/C=C/C=C/C=C/C=C/CCCC(=O)OCC(COC(=O)CCCCCCC/C=C/C=C/CCCCCCCCC)OC(=O)CCCCC/C=C/CCCCCCCCC. The third-order valence-electron chi connectivity index (χ3n) is 10.7. The fourth-order valence-electron chi connectivity index (χ4n) is 6.81. The first kappa shape index (κ1) is 59.3. The summed E-state index contributed by atoms with van der Waals surface area (Å²) in [4.78, 5) is 37.9. The molecular formula is C57H94O6. The molecule has 0 aromatic carbocycles. The normalized spacial score (nSPS) is 12.9. The molecule has 0 aliphatic carbocycles. The Balaban J connectivity index is 4.51. The van der Waals surface area contributed by atoms with Gasteiger partial charge in [0.1, 0.15) is 13.2 Å². The van der Waals surface area contributed by atoms with E-state index in [0.29, 0.717) is 12.8 Å². The molecule has 0 amide bonds. The Labute approximate surface area is 387 Å². The number of esters is 3. The van der Waals surface area contributed by atoms with Crippen molar-refractivity contribution in [1.29, 1.82) is 0 Å². The zero-order valence-electron chi connectivity index (χ0n) is 40.8. The topological polar surface area (TPSA) is 78.9 Å². The van der Waals surface area contributed by atoms with Gasteiger partial charge < -0.3 is 14.2 Å². The summed E-state index contributed by atoms with van der Waals surface area (Å²) < 4.78 is 16.7. The first-order chi connectivity index (χ1) is 31.0. The molecule has 358 valence electrons. The van der Waals surface area contributed by atoms with Gasteiger partial charge in [-0.1, -0.05) is 221 Å². The number of hydrogen-bond acceptors (Lipinski definition) is 6. The number of unbranched alkanes of at least 4 members (excludes halogenated alkanes) is 23. The largest absolute Gasteiger partial charge is 0.462 e. The summed E-state index contributed by atoms with van der Waals surface area (Å²) in [5.74, 6) is -1.03. The van der Waals surface area contributed by atoms with E-state index < -0.39 is 6.10 Å². The fourth-order valence-corrected chi connectivity index (χ4v) is 6.81. The van der Waals surface area contributed by atoms with E-state index in [4.69, 9.17) is 14.2 Å². The van der Waals surface area contributed by atoms with Gasteiger partial charge in [0.25, 0.3) is 0 Å². The minimum atomic E-state index is -0.821. The Morgan fingerprint density at radius 2 is 0.651 bits per heavy atom. The number of ether oxygens (including phenoxy) is 3. The van der Waals surface area contributed by atoms with Gasteiger partial charge in [-0.2, -0.15) is 0 Å². The van der Waals surface area contributed by atoms with Crippen LogP contribution in [0.15, 0.2) is 97.2 Å². The maximum absolute atomic E-state index is 12.8. The van der Waals surface area contributed by atoms with Crippen molar-refractivity contribution in [1.82, 2.24) is 0 Å². The third-order valence-corrected chi connectivity index (χ3v) is 10.7. The van der Waals surface area contributed by atoms with Crippen LogP contribution in [0.2, 0.25) is 0 Å². The first-order valence-corrected chi connectivity index (χ1v) is 25.8. The number of allylic oxidation sites excluding steroid dienone is 16. The van der Waals surface area contributed by atoms with Crippen molar-refractivity contribution in [3.8, 4) is 0 Å². The predicted molar refractivity (Wildman–Crippen MR) is 270 cm³/mol. The van der Waals surface area contributed by atoms with Crippen LogP contribution in [0.4, 0.5) is 0 Å². The molecule has 0 aliphatic rings. The van der Waals surface area contributed by atoms with E-state index in [0.717, 1.165) is 83.5 Å². The van der Waals surface area contributed by atoms with Crippen LogP contribution in [0.3, 0.4) is 0 Å². The van der Waals surface area contributed by atoms with Crippen molar-refractivity contribution in [2.75, 3.05) is 13.2 Å². The second kappa shape index (κ2) is 51.0. The highest BCUT2D eigenvalue weighted by Crippen LogP contribution is 2.13. The number of rotatable bonds is 45. The van der Waals surface area contributed by atoms with Gasteiger partial charge >= 0.3 is 17.9 Å². The molecule has 0 heterocycles. The molecule has 0 aliphatic heterocycles. The molecule has 0 saturated heterocycles. The summed E-state index contributed by atoms with van der Waals surface area (Å²) in [7, 11) is 0. The standard InChI is InChI=1S/C57H94O6/c1-4-7-10-13-16-19-22-25-27-28-29-30-33-35-38-41-44-47-50-56(59)62-53-54(52-61-55(58)49-46-43-40-37-34-31-24-21-18-15-12-9-6-3)63-57(60)51-48-45-42-39-36-32-26-23-20-17-14-11-8-5-2/h9,12,15,18,21,24,27-32,34,36-37,40,54H,4-8,10-11,13-14,16-17,19-20,22-23,25-26,33,35,38-39,41-53H2,1-3H3/b12-9+,18-15+,24-21+,28-27+,30-29+,34-31+,36-32+,40-37+. The van der Waals surface area contributed by atoms with Crippen LogP contribution in [-0.4, -0.2) is 37.2 Å². The van der Waals surface area contributed by atoms with Crippen molar-refractivity contribution >= 4 is 17.9 Å². The molecular weight excluding hydrogens is 781 g/mol. The van der Waals surface area contributed by atoms with Gasteiger partial charge in [-0.15, -0.1) is 0 Å². The molecule has 0 aromatic rings. The molecule has 0 fully saturated rings. The van der Waals surface area contributed by atoms with Crippen molar-refractivity contribution in [2.45, 2.75) is 232 Å².